The molecular weight excluding hydrogens is 813 g/mol. The van der Waals surface area contributed by atoms with Gasteiger partial charge in [0.15, 0.2) is 0 Å². The fourth-order valence-corrected chi connectivity index (χ4v) is 12.3. The van der Waals surface area contributed by atoms with Gasteiger partial charge in [-0.05, 0) is 148 Å². The van der Waals surface area contributed by atoms with Crippen LogP contribution in [-0.2, 0) is 12.8 Å². The highest BCUT2D eigenvalue weighted by Gasteiger charge is 2.43. The van der Waals surface area contributed by atoms with E-state index in [1.807, 2.05) is 0 Å². The lowest BCUT2D eigenvalue weighted by Crippen LogP contribution is -2.31. The summed E-state index contributed by atoms with van der Waals surface area (Å²) in [5.74, 6) is 1.47. The second-order valence-corrected chi connectivity index (χ2v) is 19.3. The van der Waals surface area contributed by atoms with Crippen LogP contribution in [0, 0.1) is 11.8 Å². The van der Waals surface area contributed by atoms with E-state index in [2.05, 4.69) is 216 Å². The molecule has 67 heavy (non-hydrogen) atoms. The number of aliphatic imine (C=N–C) groups is 1. The highest BCUT2D eigenvalue weighted by atomic mass is 15.2. The van der Waals surface area contributed by atoms with E-state index in [1.165, 1.54) is 99.8 Å². The van der Waals surface area contributed by atoms with Crippen molar-refractivity contribution in [3.05, 3.63) is 244 Å². The first-order valence-corrected chi connectivity index (χ1v) is 24.3. The van der Waals surface area contributed by atoms with E-state index in [0.29, 0.717) is 5.92 Å². The van der Waals surface area contributed by atoms with Crippen molar-refractivity contribution in [3.8, 4) is 0 Å². The Bertz CT molecular complexity index is 3610. The highest BCUT2D eigenvalue weighted by molar-refractivity contribution is 6.09. The van der Waals surface area contributed by atoms with Gasteiger partial charge in [-0.25, -0.2) is 0 Å². The molecule has 0 radical (unpaired) electrons. The van der Waals surface area contributed by atoms with E-state index in [1.54, 1.807) is 0 Å². The highest BCUT2D eigenvalue weighted by Crippen LogP contribution is 2.51. The monoisotopic (exact) mass is 862 g/mol. The number of nitrogens with zero attached hydrogens (tertiary/aromatic N) is 3. The van der Waals surface area contributed by atoms with Crippen LogP contribution in [-0.4, -0.2) is 16.4 Å². The summed E-state index contributed by atoms with van der Waals surface area (Å²) < 4.78 is 2.60. The number of benzene rings is 6. The lowest BCUT2D eigenvalue weighted by molar-refractivity contribution is 0.692. The summed E-state index contributed by atoms with van der Waals surface area (Å²) >= 11 is 0. The van der Waals surface area contributed by atoms with E-state index in [0.717, 1.165) is 49.2 Å². The Kier molecular flexibility index (Phi) is 8.74. The Morgan fingerprint density at radius 3 is 2.49 bits per heavy atom. The summed E-state index contributed by atoms with van der Waals surface area (Å²) in [6.45, 7) is 2.25. The van der Waals surface area contributed by atoms with E-state index in [4.69, 9.17) is 4.99 Å². The van der Waals surface area contributed by atoms with E-state index in [9.17, 15) is 0 Å². The molecule has 5 aliphatic carbocycles. The fraction of sp³-hybridized carbons (Fsp3) is 0.159. The first-order valence-electron chi connectivity index (χ1n) is 24.3. The molecule has 6 aromatic carbocycles. The first-order chi connectivity index (χ1) is 33.1. The van der Waals surface area contributed by atoms with Crippen molar-refractivity contribution in [1.29, 1.82) is 0 Å². The molecular formula is C63H50N4. The zero-order chi connectivity index (χ0) is 44.2. The fourth-order valence-electron chi connectivity index (χ4n) is 12.3. The molecule has 0 bridgehead atoms. The van der Waals surface area contributed by atoms with Crippen molar-refractivity contribution in [2.45, 2.75) is 51.1 Å². The zero-order valence-electron chi connectivity index (χ0n) is 37.7. The molecule has 4 nitrogen and oxygen atoms in total. The average molecular weight is 863 g/mol. The van der Waals surface area contributed by atoms with Crippen LogP contribution in [0.2, 0.25) is 0 Å². The molecule has 1 fully saturated rings. The van der Waals surface area contributed by atoms with Crippen molar-refractivity contribution < 1.29 is 0 Å². The number of rotatable bonds is 5. The lowest BCUT2D eigenvalue weighted by Gasteiger charge is -2.31. The van der Waals surface area contributed by atoms with Gasteiger partial charge in [-0.2, -0.15) is 0 Å². The SMILES string of the molecule is CC1=C(c2cccc3ccc(N4C5=CC6=CC=C(n7c8c(c9cc%10c(cc97)C=CCC%10)CCC=C8)CC6C=C5C5C=CC=CC54)cc23)NC(c2ccc3ccccc3c2)=NC1c1ccccc1. The van der Waals surface area contributed by atoms with Crippen molar-refractivity contribution >= 4 is 67.5 Å². The number of hydrogen-bond acceptors (Lipinski definition) is 3. The number of allylic oxidation sites excluding steroid dienone is 11. The summed E-state index contributed by atoms with van der Waals surface area (Å²) in [6.07, 6.45) is 34.2. The van der Waals surface area contributed by atoms with Crippen LogP contribution in [0.5, 0.6) is 0 Å². The topological polar surface area (TPSA) is 32.6 Å². The van der Waals surface area contributed by atoms with Gasteiger partial charge in [0.05, 0.1) is 11.6 Å². The van der Waals surface area contributed by atoms with Crippen LogP contribution >= 0.6 is 0 Å². The van der Waals surface area contributed by atoms with Gasteiger partial charge >= 0.3 is 0 Å². The molecule has 2 aliphatic heterocycles. The van der Waals surface area contributed by atoms with Crippen LogP contribution in [0.25, 0.3) is 56.0 Å². The minimum Gasteiger partial charge on any atom is -0.339 e. The average Bonchev–Trinajstić information content (AvgIpc) is 3.88. The minimum absolute atomic E-state index is 0.122. The van der Waals surface area contributed by atoms with Gasteiger partial charge in [0.1, 0.15) is 11.9 Å². The number of aryl methyl sites for hydroxylation is 2. The molecule has 0 saturated carbocycles. The molecule has 1 aromatic heterocycles. The molecule has 1 N–H and O–H groups in total. The van der Waals surface area contributed by atoms with Gasteiger partial charge in [-0.1, -0.05) is 146 Å². The Labute approximate surface area is 392 Å². The molecule has 4 unspecified atom stereocenters. The van der Waals surface area contributed by atoms with Crippen molar-refractivity contribution in [2.75, 3.05) is 4.90 Å². The molecule has 7 aliphatic rings. The van der Waals surface area contributed by atoms with E-state index in [-0.39, 0.29) is 18.0 Å². The van der Waals surface area contributed by atoms with Gasteiger partial charge < -0.3 is 14.8 Å². The van der Waals surface area contributed by atoms with Crippen LogP contribution in [0.1, 0.15) is 71.3 Å². The summed E-state index contributed by atoms with van der Waals surface area (Å²) in [7, 11) is 0. The Morgan fingerprint density at radius 1 is 0.716 bits per heavy atom. The van der Waals surface area contributed by atoms with Crippen molar-refractivity contribution in [1.82, 2.24) is 9.88 Å². The molecule has 7 aromatic rings. The second-order valence-electron chi connectivity index (χ2n) is 19.3. The zero-order valence-corrected chi connectivity index (χ0v) is 37.7. The van der Waals surface area contributed by atoms with Gasteiger partial charge in [0.2, 0.25) is 0 Å². The predicted octanol–water partition coefficient (Wildman–Crippen LogP) is 14.6. The predicted molar refractivity (Wildman–Crippen MR) is 281 cm³/mol. The van der Waals surface area contributed by atoms with E-state index >= 15 is 0 Å². The van der Waals surface area contributed by atoms with Crippen LogP contribution in [0.4, 0.5) is 5.69 Å². The first kappa shape index (κ1) is 38.6. The Morgan fingerprint density at radius 2 is 1.55 bits per heavy atom. The summed E-state index contributed by atoms with van der Waals surface area (Å²) in [5.41, 5.74) is 19.6. The third-order valence-electron chi connectivity index (χ3n) is 15.6. The standard InChI is InChI=1S/C63H50N4/c1-39-61(42-15-3-2-4-16-42)64-63(47-27-26-40-14-5-6-17-43(40)32-47)65-62(39)53-23-13-20-41-28-30-50(38-54(41)53)67-58-25-12-10-22-52(58)56-35-48-33-49(31-29-46(48)37-60(56)67)66-57-24-11-9-21-51(57)55-34-44-18-7-8-19-45(44)36-59(55)66/h2-6,8,10-17,19-20,22-32,34-38,48,52,58,61H,7,9,18,21,33H2,1H3,(H,64,65). The maximum absolute atomic E-state index is 5.43. The van der Waals surface area contributed by atoms with Crippen LogP contribution < -0.4 is 10.2 Å². The number of fused-ring (bicyclic) bond motifs is 10. The van der Waals surface area contributed by atoms with Crippen molar-refractivity contribution in [3.63, 3.8) is 0 Å². The van der Waals surface area contributed by atoms with Crippen LogP contribution in [0.3, 0.4) is 0 Å². The maximum Gasteiger partial charge on any atom is 0.133 e. The molecule has 0 spiro atoms. The van der Waals surface area contributed by atoms with Gasteiger partial charge in [-0.15, -0.1) is 0 Å². The molecule has 3 heterocycles. The molecule has 14 rings (SSSR count). The quantitative estimate of drug-likeness (QED) is 0.187. The molecule has 0 amide bonds. The third kappa shape index (κ3) is 6.16. The third-order valence-corrected chi connectivity index (χ3v) is 15.6. The molecule has 322 valence electrons. The molecule has 1 saturated heterocycles. The molecule has 4 heteroatoms. The Hall–Kier alpha value is -7.69. The Balaban J connectivity index is 0.867. The largest absolute Gasteiger partial charge is 0.339 e. The second kappa shape index (κ2) is 15.2. The minimum atomic E-state index is -0.122. The van der Waals surface area contributed by atoms with Crippen LogP contribution in [0.15, 0.2) is 209 Å². The summed E-state index contributed by atoms with van der Waals surface area (Å²) in [6, 6.07) is 44.9. The van der Waals surface area contributed by atoms with Crippen molar-refractivity contribution in [2.24, 2.45) is 16.8 Å². The number of aromatic nitrogens is 1. The maximum atomic E-state index is 5.43. The number of hydrogen-bond donors (Lipinski definition) is 1. The molecule has 4 atom stereocenters. The van der Waals surface area contributed by atoms with Gasteiger partial charge in [-0.3, -0.25) is 4.99 Å². The smallest absolute Gasteiger partial charge is 0.133 e. The number of nitrogens with one attached hydrogen (secondary N) is 1. The number of amidine groups is 1. The number of anilines is 1. The summed E-state index contributed by atoms with van der Waals surface area (Å²) in [4.78, 5) is 8.05. The summed E-state index contributed by atoms with van der Waals surface area (Å²) in [5, 5.41) is 10.2. The van der Waals surface area contributed by atoms with E-state index < -0.39 is 0 Å². The van der Waals surface area contributed by atoms with Gasteiger partial charge in [0, 0.05) is 56.8 Å². The lowest BCUT2D eigenvalue weighted by atomic mass is 9.80. The van der Waals surface area contributed by atoms with Gasteiger partial charge in [0.25, 0.3) is 0 Å². The normalized spacial score (nSPS) is 22.3.